The number of rotatable bonds is 3. The topological polar surface area (TPSA) is 46.3 Å². The number of hydrogen-bond donors (Lipinski definition) is 0. The van der Waals surface area contributed by atoms with E-state index >= 15 is 0 Å². The summed E-state index contributed by atoms with van der Waals surface area (Å²) >= 11 is 0. The van der Waals surface area contributed by atoms with Gasteiger partial charge in [0.05, 0.1) is 5.69 Å². The van der Waals surface area contributed by atoms with Crippen LogP contribution < -0.4 is 0 Å². The molecule has 25 heavy (non-hydrogen) atoms. The van der Waals surface area contributed by atoms with Gasteiger partial charge in [-0.1, -0.05) is 41.5 Å². The summed E-state index contributed by atoms with van der Waals surface area (Å²) in [7, 11) is 0. The summed E-state index contributed by atoms with van der Waals surface area (Å²) in [6.45, 7) is 16.2. The van der Waals surface area contributed by atoms with E-state index in [-0.39, 0.29) is 11.3 Å². The van der Waals surface area contributed by atoms with Gasteiger partial charge in [0.25, 0.3) is 0 Å². The van der Waals surface area contributed by atoms with Gasteiger partial charge in [0.2, 0.25) is 5.91 Å². The first-order chi connectivity index (χ1) is 11.4. The first-order valence-corrected chi connectivity index (χ1v) is 9.65. The molecule has 4 heteroatoms. The van der Waals surface area contributed by atoms with Crippen molar-refractivity contribution in [3.05, 3.63) is 17.3 Å². The number of carbonyl (C=O) groups excluding carboxylic acids is 1. The average Bonchev–Trinajstić information content (AvgIpc) is 2.92. The minimum absolute atomic E-state index is 0.0980. The maximum Gasteiger partial charge on any atom is 0.223 e. The second kappa shape index (κ2) is 5.85. The second-order valence-corrected chi connectivity index (χ2v) is 10.5. The number of likely N-dealkylation sites (tertiary alicyclic amines) is 1. The summed E-state index contributed by atoms with van der Waals surface area (Å²) in [4.78, 5) is 19.6. The Bertz CT molecular complexity index is 668. The zero-order chi connectivity index (χ0) is 18.6. The van der Waals surface area contributed by atoms with Gasteiger partial charge < -0.3 is 9.32 Å². The van der Waals surface area contributed by atoms with Crippen molar-refractivity contribution in [3.8, 4) is 0 Å². The molecule has 1 aromatic heterocycles. The Morgan fingerprint density at radius 1 is 1.28 bits per heavy atom. The lowest BCUT2D eigenvalue weighted by Gasteiger charge is -2.39. The molecule has 2 bridgehead atoms. The molecule has 2 fully saturated rings. The van der Waals surface area contributed by atoms with E-state index in [4.69, 9.17) is 4.42 Å². The summed E-state index contributed by atoms with van der Waals surface area (Å²) in [6, 6.07) is 0.419. The van der Waals surface area contributed by atoms with E-state index < -0.39 is 0 Å². The van der Waals surface area contributed by atoms with Crippen LogP contribution in [0.1, 0.15) is 84.6 Å². The fourth-order valence-corrected chi connectivity index (χ4v) is 5.10. The molecule has 0 aromatic carbocycles. The highest BCUT2D eigenvalue weighted by Crippen LogP contribution is 2.52. The SMILES string of the molecule is Cc1nc(C(C)(C)C)oc1CCC(=O)N1CC2(C)CC1CC(C)(C)C2. The third-order valence-corrected chi connectivity index (χ3v) is 5.84. The molecule has 3 rings (SSSR count). The molecule has 2 atom stereocenters. The molecule has 1 aliphatic heterocycles. The number of aromatic nitrogens is 1. The quantitative estimate of drug-likeness (QED) is 0.801. The van der Waals surface area contributed by atoms with Crippen molar-refractivity contribution in [2.75, 3.05) is 6.54 Å². The van der Waals surface area contributed by atoms with E-state index in [1.807, 2.05) is 6.92 Å². The molecule has 1 aliphatic carbocycles. The van der Waals surface area contributed by atoms with Gasteiger partial charge in [0.1, 0.15) is 5.76 Å². The minimum atomic E-state index is -0.0980. The first-order valence-electron chi connectivity index (χ1n) is 9.65. The van der Waals surface area contributed by atoms with Gasteiger partial charge in [-0.2, -0.15) is 0 Å². The molecule has 1 amide bonds. The van der Waals surface area contributed by atoms with E-state index in [9.17, 15) is 4.79 Å². The summed E-state index contributed by atoms with van der Waals surface area (Å²) in [5, 5.41) is 0. The standard InChI is InChI=1S/C21H34N2O2/c1-14-16(25-18(22-14)19(2,3)4)8-9-17(24)23-13-21(7)11-15(23)10-20(5,6)12-21/h15H,8-13H2,1-7H3. The summed E-state index contributed by atoms with van der Waals surface area (Å²) in [6.07, 6.45) is 4.68. The molecule has 0 spiro atoms. The number of amides is 1. The van der Waals surface area contributed by atoms with Crippen LogP contribution in [0.4, 0.5) is 0 Å². The number of carbonyl (C=O) groups is 1. The Morgan fingerprint density at radius 2 is 1.96 bits per heavy atom. The maximum atomic E-state index is 12.9. The molecule has 1 aromatic rings. The molecule has 140 valence electrons. The van der Waals surface area contributed by atoms with Gasteiger partial charge in [-0.3, -0.25) is 4.79 Å². The van der Waals surface area contributed by atoms with Crippen molar-refractivity contribution in [2.45, 2.75) is 92.0 Å². The molecular weight excluding hydrogens is 312 g/mol. The van der Waals surface area contributed by atoms with E-state index in [2.05, 4.69) is 51.4 Å². The van der Waals surface area contributed by atoms with E-state index in [0.29, 0.717) is 29.7 Å². The normalized spacial score (nSPS) is 28.4. The molecule has 4 nitrogen and oxygen atoms in total. The van der Waals surface area contributed by atoms with Crippen LogP contribution in [0, 0.1) is 17.8 Å². The van der Waals surface area contributed by atoms with Crippen molar-refractivity contribution >= 4 is 5.91 Å². The molecule has 2 aliphatic rings. The van der Waals surface area contributed by atoms with Crippen LogP contribution >= 0.6 is 0 Å². The summed E-state index contributed by atoms with van der Waals surface area (Å²) in [5.74, 6) is 1.91. The monoisotopic (exact) mass is 346 g/mol. The highest BCUT2D eigenvalue weighted by atomic mass is 16.4. The Hall–Kier alpha value is -1.32. The lowest BCUT2D eigenvalue weighted by molar-refractivity contribution is -0.132. The molecule has 2 unspecified atom stereocenters. The number of hydrogen-bond acceptors (Lipinski definition) is 3. The van der Waals surface area contributed by atoms with E-state index in [1.54, 1.807) is 0 Å². The zero-order valence-electron chi connectivity index (χ0n) is 17.0. The van der Waals surface area contributed by atoms with Gasteiger partial charge in [-0.25, -0.2) is 4.98 Å². The van der Waals surface area contributed by atoms with Crippen LogP contribution in [0.5, 0.6) is 0 Å². The van der Waals surface area contributed by atoms with Crippen LogP contribution in [0.25, 0.3) is 0 Å². The predicted octanol–water partition coefficient (Wildman–Crippen LogP) is 4.64. The van der Waals surface area contributed by atoms with Crippen molar-refractivity contribution in [3.63, 3.8) is 0 Å². The van der Waals surface area contributed by atoms with Crippen LogP contribution in [0.3, 0.4) is 0 Å². The Balaban J connectivity index is 1.65. The number of fused-ring (bicyclic) bond motifs is 2. The summed E-state index contributed by atoms with van der Waals surface area (Å²) in [5.41, 5.74) is 1.46. The fourth-order valence-electron chi connectivity index (χ4n) is 5.10. The number of nitrogens with zero attached hydrogens (tertiary/aromatic N) is 2. The van der Waals surface area contributed by atoms with Crippen molar-refractivity contribution < 1.29 is 9.21 Å². The van der Waals surface area contributed by atoms with Crippen LogP contribution in [-0.2, 0) is 16.6 Å². The van der Waals surface area contributed by atoms with Crippen LogP contribution in [0.15, 0.2) is 4.42 Å². The van der Waals surface area contributed by atoms with Crippen molar-refractivity contribution in [1.82, 2.24) is 9.88 Å². The van der Waals surface area contributed by atoms with Crippen LogP contribution in [0.2, 0.25) is 0 Å². The predicted molar refractivity (Wildman–Crippen MR) is 99.5 cm³/mol. The molecule has 1 saturated carbocycles. The lowest BCUT2D eigenvalue weighted by atomic mass is 9.65. The third-order valence-electron chi connectivity index (χ3n) is 5.84. The van der Waals surface area contributed by atoms with Gasteiger partial charge in [0, 0.05) is 30.8 Å². The van der Waals surface area contributed by atoms with Crippen molar-refractivity contribution in [1.29, 1.82) is 0 Å². The molecule has 1 saturated heterocycles. The Labute approximate surface area is 152 Å². The zero-order valence-corrected chi connectivity index (χ0v) is 17.0. The first kappa shape index (κ1) is 18.5. The molecular formula is C21H34N2O2. The largest absolute Gasteiger partial charge is 0.445 e. The smallest absolute Gasteiger partial charge is 0.223 e. The average molecular weight is 347 g/mol. The second-order valence-electron chi connectivity index (χ2n) is 10.5. The van der Waals surface area contributed by atoms with Gasteiger partial charge >= 0.3 is 0 Å². The van der Waals surface area contributed by atoms with Gasteiger partial charge in [0.15, 0.2) is 5.89 Å². The maximum absolute atomic E-state index is 12.9. The molecule has 2 heterocycles. The minimum Gasteiger partial charge on any atom is -0.445 e. The number of aryl methyl sites for hydroxylation is 2. The molecule has 0 radical (unpaired) electrons. The van der Waals surface area contributed by atoms with Gasteiger partial charge in [-0.15, -0.1) is 0 Å². The Morgan fingerprint density at radius 3 is 2.56 bits per heavy atom. The van der Waals surface area contributed by atoms with Crippen molar-refractivity contribution in [2.24, 2.45) is 10.8 Å². The molecule has 0 N–H and O–H groups in total. The fraction of sp³-hybridized carbons (Fsp3) is 0.810. The summed E-state index contributed by atoms with van der Waals surface area (Å²) < 4.78 is 5.95. The van der Waals surface area contributed by atoms with E-state index in [0.717, 1.165) is 36.7 Å². The number of oxazole rings is 1. The Kier molecular flexibility index (Phi) is 4.32. The van der Waals surface area contributed by atoms with E-state index in [1.165, 1.54) is 6.42 Å². The third kappa shape index (κ3) is 3.78. The highest BCUT2D eigenvalue weighted by molar-refractivity contribution is 5.77. The highest BCUT2D eigenvalue weighted by Gasteiger charge is 2.50. The lowest BCUT2D eigenvalue weighted by Crippen LogP contribution is -2.37. The van der Waals surface area contributed by atoms with Gasteiger partial charge in [-0.05, 0) is 37.0 Å². The van der Waals surface area contributed by atoms with Crippen LogP contribution in [-0.4, -0.2) is 28.4 Å².